The smallest absolute Gasteiger partial charge is 0.133 e. The van der Waals surface area contributed by atoms with E-state index in [2.05, 4.69) is 15.9 Å². The molecular formula is C16H18BrNO2. The van der Waals surface area contributed by atoms with Gasteiger partial charge >= 0.3 is 0 Å². The minimum atomic E-state index is -0.236. The van der Waals surface area contributed by atoms with Gasteiger partial charge in [-0.3, -0.25) is 0 Å². The number of para-hydroxylation sites is 1. The maximum Gasteiger partial charge on any atom is 0.133 e. The Morgan fingerprint density at radius 1 is 1.15 bits per heavy atom. The SMILES string of the molecule is CCOc1ccccc1C(N)c1ccc(OC)c(Br)c1. The Kier molecular flexibility index (Phi) is 5.04. The quantitative estimate of drug-likeness (QED) is 0.900. The molecule has 4 heteroatoms. The molecule has 0 saturated carbocycles. The van der Waals surface area contributed by atoms with Crippen LogP contribution in [0.25, 0.3) is 0 Å². The molecule has 0 aliphatic heterocycles. The molecule has 1 atom stereocenters. The topological polar surface area (TPSA) is 44.5 Å². The first-order valence-electron chi connectivity index (χ1n) is 6.48. The molecule has 0 aromatic heterocycles. The summed E-state index contributed by atoms with van der Waals surface area (Å²) in [6.07, 6.45) is 0. The Labute approximate surface area is 127 Å². The molecule has 0 radical (unpaired) electrons. The van der Waals surface area contributed by atoms with Gasteiger partial charge < -0.3 is 15.2 Å². The molecule has 20 heavy (non-hydrogen) atoms. The highest BCUT2D eigenvalue weighted by Gasteiger charge is 2.15. The Balaban J connectivity index is 2.36. The molecule has 0 aliphatic rings. The lowest BCUT2D eigenvalue weighted by atomic mass is 9.98. The van der Waals surface area contributed by atoms with E-state index in [0.717, 1.165) is 27.1 Å². The van der Waals surface area contributed by atoms with Crippen molar-refractivity contribution in [2.75, 3.05) is 13.7 Å². The highest BCUT2D eigenvalue weighted by atomic mass is 79.9. The van der Waals surface area contributed by atoms with Gasteiger partial charge in [-0.15, -0.1) is 0 Å². The Morgan fingerprint density at radius 3 is 2.55 bits per heavy atom. The summed E-state index contributed by atoms with van der Waals surface area (Å²) in [7, 11) is 1.64. The first-order valence-corrected chi connectivity index (χ1v) is 7.27. The van der Waals surface area contributed by atoms with Crippen LogP contribution in [0.1, 0.15) is 24.1 Å². The molecule has 0 amide bonds. The van der Waals surface area contributed by atoms with Gasteiger partial charge in [-0.2, -0.15) is 0 Å². The van der Waals surface area contributed by atoms with Crippen molar-refractivity contribution in [3.05, 3.63) is 58.1 Å². The fourth-order valence-electron chi connectivity index (χ4n) is 2.08. The van der Waals surface area contributed by atoms with Gasteiger partial charge in [0.1, 0.15) is 11.5 Å². The number of ether oxygens (including phenoxy) is 2. The zero-order valence-electron chi connectivity index (χ0n) is 11.6. The lowest BCUT2D eigenvalue weighted by Gasteiger charge is -2.17. The maximum atomic E-state index is 6.37. The van der Waals surface area contributed by atoms with Crippen LogP contribution in [-0.4, -0.2) is 13.7 Å². The zero-order valence-corrected chi connectivity index (χ0v) is 13.2. The molecular weight excluding hydrogens is 318 g/mol. The number of benzene rings is 2. The predicted molar refractivity (Wildman–Crippen MR) is 84.3 cm³/mol. The molecule has 0 bridgehead atoms. The average Bonchev–Trinajstić information content (AvgIpc) is 2.47. The fourth-order valence-corrected chi connectivity index (χ4v) is 2.64. The second-order valence-corrected chi connectivity index (χ2v) is 5.20. The summed E-state index contributed by atoms with van der Waals surface area (Å²) in [5.74, 6) is 1.62. The standard InChI is InChI=1S/C16H18BrNO2/c1-3-20-14-7-5-4-6-12(14)16(18)11-8-9-15(19-2)13(17)10-11/h4-10,16H,3,18H2,1-2H3. The minimum absolute atomic E-state index is 0.236. The summed E-state index contributed by atoms with van der Waals surface area (Å²) in [6, 6.07) is 13.5. The second kappa shape index (κ2) is 6.77. The molecule has 2 aromatic carbocycles. The first kappa shape index (κ1) is 14.9. The normalized spacial score (nSPS) is 12.0. The van der Waals surface area contributed by atoms with Crippen LogP contribution in [0.5, 0.6) is 11.5 Å². The van der Waals surface area contributed by atoms with Crippen LogP contribution in [0.4, 0.5) is 0 Å². The monoisotopic (exact) mass is 335 g/mol. The van der Waals surface area contributed by atoms with E-state index in [4.69, 9.17) is 15.2 Å². The van der Waals surface area contributed by atoms with Gasteiger partial charge in [-0.25, -0.2) is 0 Å². The highest BCUT2D eigenvalue weighted by molar-refractivity contribution is 9.10. The number of hydrogen-bond acceptors (Lipinski definition) is 3. The number of nitrogens with two attached hydrogens (primary N) is 1. The third-order valence-corrected chi connectivity index (χ3v) is 3.71. The lowest BCUT2D eigenvalue weighted by Crippen LogP contribution is -2.13. The zero-order chi connectivity index (χ0) is 14.5. The molecule has 0 saturated heterocycles. The highest BCUT2D eigenvalue weighted by Crippen LogP contribution is 2.32. The van der Waals surface area contributed by atoms with Crippen LogP contribution >= 0.6 is 15.9 Å². The lowest BCUT2D eigenvalue weighted by molar-refractivity contribution is 0.335. The van der Waals surface area contributed by atoms with E-state index in [9.17, 15) is 0 Å². The second-order valence-electron chi connectivity index (χ2n) is 4.34. The molecule has 0 fully saturated rings. The van der Waals surface area contributed by atoms with Crippen LogP contribution in [0.3, 0.4) is 0 Å². The van der Waals surface area contributed by atoms with Crippen molar-refractivity contribution in [3.8, 4) is 11.5 Å². The summed E-state index contributed by atoms with van der Waals surface area (Å²) in [5, 5.41) is 0. The van der Waals surface area contributed by atoms with Crippen LogP contribution < -0.4 is 15.2 Å². The predicted octanol–water partition coefficient (Wildman–Crippen LogP) is 3.90. The van der Waals surface area contributed by atoms with E-state index in [-0.39, 0.29) is 6.04 Å². The van der Waals surface area contributed by atoms with Gasteiger partial charge in [-0.05, 0) is 46.6 Å². The molecule has 2 N–H and O–H groups in total. The van der Waals surface area contributed by atoms with Crippen LogP contribution in [0.2, 0.25) is 0 Å². The van der Waals surface area contributed by atoms with Gasteiger partial charge in [0.15, 0.2) is 0 Å². The summed E-state index contributed by atoms with van der Waals surface area (Å²) in [4.78, 5) is 0. The molecule has 0 aliphatic carbocycles. The van der Waals surface area contributed by atoms with E-state index in [1.165, 1.54) is 0 Å². The molecule has 0 heterocycles. The van der Waals surface area contributed by atoms with Crippen molar-refractivity contribution in [1.29, 1.82) is 0 Å². The summed E-state index contributed by atoms with van der Waals surface area (Å²) < 4.78 is 11.8. The summed E-state index contributed by atoms with van der Waals surface area (Å²) >= 11 is 3.49. The van der Waals surface area contributed by atoms with E-state index >= 15 is 0 Å². The number of rotatable bonds is 5. The van der Waals surface area contributed by atoms with E-state index in [0.29, 0.717) is 6.61 Å². The van der Waals surface area contributed by atoms with Crippen molar-refractivity contribution in [2.24, 2.45) is 5.73 Å². The van der Waals surface area contributed by atoms with Gasteiger partial charge in [0.2, 0.25) is 0 Å². The van der Waals surface area contributed by atoms with Crippen molar-refractivity contribution < 1.29 is 9.47 Å². The van der Waals surface area contributed by atoms with Crippen LogP contribution in [-0.2, 0) is 0 Å². The van der Waals surface area contributed by atoms with Crippen molar-refractivity contribution in [3.63, 3.8) is 0 Å². The fraction of sp³-hybridized carbons (Fsp3) is 0.250. The van der Waals surface area contributed by atoms with Crippen LogP contribution in [0, 0.1) is 0 Å². The number of halogens is 1. The van der Waals surface area contributed by atoms with Crippen LogP contribution in [0.15, 0.2) is 46.9 Å². The van der Waals surface area contributed by atoms with Gasteiger partial charge in [0.25, 0.3) is 0 Å². The maximum absolute atomic E-state index is 6.37. The van der Waals surface area contributed by atoms with E-state index < -0.39 is 0 Å². The average molecular weight is 336 g/mol. The van der Waals surface area contributed by atoms with Crippen molar-refractivity contribution in [1.82, 2.24) is 0 Å². The molecule has 2 aromatic rings. The first-order chi connectivity index (χ1) is 9.67. The molecule has 3 nitrogen and oxygen atoms in total. The largest absolute Gasteiger partial charge is 0.496 e. The molecule has 0 spiro atoms. The van der Waals surface area contributed by atoms with E-state index in [1.54, 1.807) is 7.11 Å². The van der Waals surface area contributed by atoms with Gasteiger partial charge in [-0.1, -0.05) is 24.3 Å². The number of methoxy groups -OCH3 is 1. The summed E-state index contributed by atoms with van der Waals surface area (Å²) in [6.45, 7) is 2.59. The third-order valence-electron chi connectivity index (χ3n) is 3.09. The van der Waals surface area contributed by atoms with E-state index in [1.807, 2.05) is 49.4 Å². The van der Waals surface area contributed by atoms with Crippen molar-refractivity contribution >= 4 is 15.9 Å². The molecule has 106 valence electrons. The minimum Gasteiger partial charge on any atom is -0.496 e. The number of hydrogen-bond donors (Lipinski definition) is 1. The van der Waals surface area contributed by atoms with Gasteiger partial charge in [0, 0.05) is 5.56 Å². The molecule has 1 unspecified atom stereocenters. The van der Waals surface area contributed by atoms with Crippen molar-refractivity contribution in [2.45, 2.75) is 13.0 Å². The molecule has 2 rings (SSSR count). The Bertz CT molecular complexity index is 586. The Hall–Kier alpha value is -1.52. The summed E-state index contributed by atoms with van der Waals surface area (Å²) in [5.41, 5.74) is 8.35. The Morgan fingerprint density at radius 2 is 1.90 bits per heavy atom. The van der Waals surface area contributed by atoms with Gasteiger partial charge in [0.05, 0.1) is 24.2 Å². The third kappa shape index (κ3) is 3.14.